The maximum atomic E-state index is 12.6. The van der Waals surface area contributed by atoms with Gasteiger partial charge in [-0.15, -0.1) is 0 Å². The van der Waals surface area contributed by atoms with Crippen molar-refractivity contribution in [3.8, 4) is 5.75 Å². The highest BCUT2D eigenvalue weighted by atomic mass is 16.5. The number of nitrogens with zero attached hydrogens (tertiary/aromatic N) is 1. The van der Waals surface area contributed by atoms with E-state index in [1.165, 1.54) is 7.11 Å². The van der Waals surface area contributed by atoms with Crippen LogP contribution in [0.3, 0.4) is 0 Å². The molecule has 1 aromatic rings. The molecule has 1 amide bonds. The Balaban J connectivity index is 2.75. The van der Waals surface area contributed by atoms with Gasteiger partial charge in [0.15, 0.2) is 0 Å². The molecule has 0 saturated heterocycles. The van der Waals surface area contributed by atoms with Gasteiger partial charge in [0.05, 0.1) is 19.6 Å². The largest absolute Gasteiger partial charge is 0.494 e. The molecular formula is C22H33NO4. The summed E-state index contributed by atoms with van der Waals surface area (Å²) in [7, 11) is 1.37. The molecule has 0 aliphatic carbocycles. The molecule has 0 aliphatic rings. The lowest BCUT2D eigenvalue weighted by Gasteiger charge is -2.24. The highest BCUT2D eigenvalue weighted by molar-refractivity contribution is 5.92. The van der Waals surface area contributed by atoms with Crippen molar-refractivity contribution < 1.29 is 19.1 Å². The zero-order valence-corrected chi connectivity index (χ0v) is 17.2. The molecule has 5 nitrogen and oxygen atoms in total. The van der Waals surface area contributed by atoms with Crippen molar-refractivity contribution in [2.24, 2.45) is 11.8 Å². The molecule has 0 heterocycles. The summed E-state index contributed by atoms with van der Waals surface area (Å²) >= 11 is 0. The molecule has 1 atom stereocenters. The maximum Gasteiger partial charge on any atom is 0.310 e. The van der Waals surface area contributed by atoms with Crippen LogP contribution in [0.4, 0.5) is 0 Å². The van der Waals surface area contributed by atoms with E-state index in [2.05, 4.69) is 20.8 Å². The third kappa shape index (κ3) is 8.76. The Hall–Kier alpha value is -2.30. The second-order valence-corrected chi connectivity index (χ2v) is 7.14. The maximum absolute atomic E-state index is 12.6. The van der Waals surface area contributed by atoms with Gasteiger partial charge in [0.25, 0.3) is 0 Å². The summed E-state index contributed by atoms with van der Waals surface area (Å²) < 4.78 is 10.3. The zero-order valence-electron chi connectivity index (χ0n) is 17.2. The molecule has 0 bridgehead atoms. The monoisotopic (exact) mass is 375 g/mol. The van der Waals surface area contributed by atoms with E-state index in [0.29, 0.717) is 25.6 Å². The van der Waals surface area contributed by atoms with Crippen molar-refractivity contribution in [3.05, 3.63) is 35.9 Å². The second kappa shape index (κ2) is 12.2. The number of hydrogen-bond acceptors (Lipinski definition) is 4. The van der Waals surface area contributed by atoms with Crippen molar-refractivity contribution in [2.75, 3.05) is 26.8 Å². The first-order valence-electron chi connectivity index (χ1n) is 9.65. The van der Waals surface area contributed by atoms with E-state index < -0.39 is 0 Å². The van der Waals surface area contributed by atoms with Crippen molar-refractivity contribution >= 4 is 18.0 Å². The summed E-state index contributed by atoms with van der Waals surface area (Å²) in [5.41, 5.74) is 0.928. The first-order valence-corrected chi connectivity index (χ1v) is 9.65. The summed E-state index contributed by atoms with van der Waals surface area (Å²) in [5.74, 6) is 0.551. The standard InChI is InChI=1S/C22H33NO4/c1-6-15-27-20-10-7-19(8-11-20)9-12-21(24)23(14-13-17(2)3)16-18(4)22(25)26-5/h7-12,17-18H,6,13-16H2,1-5H3/b12-9+. The fourth-order valence-corrected chi connectivity index (χ4v) is 2.48. The molecule has 27 heavy (non-hydrogen) atoms. The van der Waals surface area contributed by atoms with Crippen LogP contribution >= 0.6 is 0 Å². The number of esters is 1. The molecule has 0 fully saturated rings. The minimum Gasteiger partial charge on any atom is -0.494 e. The lowest BCUT2D eigenvalue weighted by Crippen LogP contribution is -2.37. The summed E-state index contributed by atoms with van der Waals surface area (Å²) in [6, 6.07) is 7.64. The number of benzene rings is 1. The number of carbonyl (C=O) groups excluding carboxylic acids is 2. The van der Waals surface area contributed by atoms with Crippen molar-refractivity contribution in [1.82, 2.24) is 4.90 Å². The van der Waals surface area contributed by atoms with Crippen LogP contribution in [0.25, 0.3) is 6.08 Å². The number of hydrogen-bond donors (Lipinski definition) is 0. The molecule has 1 unspecified atom stereocenters. The van der Waals surface area contributed by atoms with Crippen LogP contribution in [-0.4, -0.2) is 43.6 Å². The average Bonchev–Trinajstić information content (AvgIpc) is 2.67. The highest BCUT2D eigenvalue weighted by Crippen LogP contribution is 2.14. The van der Waals surface area contributed by atoms with E-state index in [1.54, 1.807) is 24.0 Å². The predicted octanol–water partition coefficient (Wildman–Crippen LogP) is 4.17. The Morgan fingerprint density at radius 1 is 1.15 bits per heavy atom. The number of ether oxygens (including phenoxy) is 2. The van der Waals surface area contributed by atoms with Gasteiger partial charge in [0.1, 0.15) is 5.75 Å². The van der Waals surface area contributed by atoms with E-state index in [9.17, 15) is 9.59 Å². The highest BCUT2D eigenvalue weighted by Gasteiger charge is 2.20. The molecule has 1 rings (SSSR count). The SMILES string of the molecule is CCCOc1ccc(/C=C/C(=O)N(CCC(C)C)CC(C)C(=O)OC)cc1. The molecule has 1 aromatic carbocycles. The van der Waals surface area contributed by atoms with E-state index in [0.717, 1.165) is 24.2 Å². The normalized spacial score (nSPS) is 12.2. The van der Waals surface area contributed by atoms with Crippen LogP contribution in [0.5, 0.6) is 5.75 Å². The third-order valence-electron chi connectivity index (χ3n) is 4.16. The van der Waals surface area contributed by atoms with E-state index >= 15 is 0 Å². The van der Waals surface area contributed by atoms with Gasteiger partial charge in [-0.25, -0.2) is 0 Å². The van der Waals surface area contributed by atoms with Gasteiger partial charge in [0.2, 0.25) is 5.91 Å². The van der Waals surface area contributed by atoms with Gasteiger partial charge in [-0.2, -0.15) is 0 Å². The number of amides is 1. The molecule has 0 aliphatic heterocycles. The van der Waals surface area contributed by atoms with Gasteiger partial charge in [-0.05, 0) is 42.5 Å². The van der Waals surface area contributed by atoms with E-state index in [4.69, 9.17) is 9.47 Å². The minimum absolute atomic E-state index is 0.0993. The molecule has 0 spiro atoms. The van der Waals surface area contributed by atoms with Crippen LogP contribution < -0.4 is 4.74 Å². The Labute approximate surface area is 163 Å². The topological polar surface area (TPSA) is 55.8 Å². The van der Waals surface area contributed by atoms with Gasteiger partial charge in [-0.3, -0.25) is 9.59 Å². The summed E-state index contributed by atoms with van der Waals surface area (Å²) in [6.45, 7) is 9.74. The molecule has 0 radical (unpaired) electrons. The van der Waals surface area contributed by atoms with E-state index in [1.807, 2.05) is 24.3 Å². The smallest absolute Gasteiger partial charge is 0.310 e. The van der Waals surface area contributed by atoms with Crippen LogP contribution in [0.1, 0.15) is 46.1 Å². The Morgan fingerprint density at radius 3 is 2.37 bits per heavy atom. The lowest BCUT2D eigenvalue weighted by molar-refractivity contribution is -0.146. The van der Waals surface area contributed by atoms with Crippen LogP contribution in [0, 0.1) is 11.8 Å². The predicted molar refractivity (Wildman–Crippen MR) is 108 cm³/mol. The van der Waals surface area contributed by atoms with Crippen molar-refractivity contribution in [1.29, 1.82) is 0 Å². The Kier molecular flexibility index (Phi) is 10.2. The van der Waals surface area contributed by atoms with Gasteiger partial charge >= 0.3 is 5.97 Å². The Morgan fingerprint density at radius 2 is 1.81 bits per heavy atom. The minimum atomic E-state index is -0.352. The second-order valence-electron chi connectivity index (χ2n) is 7.14. The lowest BCUT2D eigenvalue weighted by atomic mass is 10.1. The van der Waals surface area contributed by atoms with Crippen molar-refractivity contribution in [2.45, 2.75) is 40.5 Å². The molecule has 150 valence electrons. The van der Waals surface area contributed by atoms with Gasteiger partial charge in [-0.1, -0.05) is 39.8 Å². The van der Waals surface area contributed by atoms with Crippen LogP contribution in [0.2, 0.25) is 0 Å². The molecule has 0 saturated carbocycles. The van der Waals surface area contributed by atoms with Crippen LogP contribution in [0.15, 0.2) is 30.3 Å². The first kappa shape index (κ1) is 22.7. The molecule has 5 heteroatoms. The van der Waals surface area contributed by atoms with E-state index in [-0.39, 0.29) is 17.8 Å². The molecule has 0 aromatic heterocycles. The fraction of sp³-hybridized carbons (Fsp3) is 0.545. The number of methoxy groups -OCH3 is 1. The quantitative estimate of drug-likeness (QED) is 0.430. The fourth-order valence-electron chi connectivity index (χ4n) is 2.48. The summed E-state index contributed by atoms with van der Waals surface area (Å²) in [5, 5.41) is 0. The third-order valence-corrected chi connectivity index (χ3v) is 4.16. The summed E-state index contributed by atoms with van der Waals surface area (Å²) in [6.07, 6.45) is 5.20. The van der Waals surface area contributed by atoms with Gasteiger partial charge in [0, 0.05) is 19.2 Å². The first-order chi connectivity index (χ1) is 12.9. The number of rotatable bonds is 11. The average molecular weight is 376 g/mol. The Bertz CT molecular complexity index is 607. The molecule has 0 N–H and O–H groups in total. The van der Waals surface area contributed by atoms with Gasteiger partial charge < -0.3 is 14.4 Å². The summed E-state index contributed by atoms with van der Waals surface area (Å²) in [4.78, 5) is 26.1. The van der Waals surface area contributed by atoms with Crippen LogP contribution in [-0.2, 0) is 14.3 Å². The van der Waals surface area contributed by atoms with Crippen molar-refractivity contribution in [3.63, 3.8) is 0 Å². The molecular weight excluding hydrogens is 342 g/mol. The number of carbonyl (C=O) groups is 2. The zero-order chi connectivity index (χ0) is 20.2.